The second-order valence-electron chi connectivity index (χ2n) is 7.43. The van der Waals surface area contributed by atoms with Gasteiger partial charge in [0, 0.05) is 55.1 Å². The number of amides is 1. The van der Waals surface area contributed by atoms with E-state index in [1.165, 1.54) is 12.8 Å². The molecule has 0 aliphatic carbocycles. The Balaban J connectivity index is 1.61. The van der Waals surface area contributed by atoms with Crippen LogP contribution in [-0.2, 0) is 14.3 Å². The summed E-state index contributed by atoms with van der Waals surface area (Å²) in [5, 5.41) is 0. The summed E-state index contributed by atoms with van der Waals surface area (Å²) in [4.78, 5) is 32.8. The van der Waals surface area contributed by atoms with Gasteiger partial charge in [-0.15, -0.1) is 11.3 Å². The Kier molecular flexibility index (Phi) is 5.12. The molecule has 1 amide bonds. The molecule has 0 N–H and O–H groups in total. The first-order valence-corrected chi connectivity index (χ1v) is 10.3. The zero-order valence-electron chi connectivity index (χ0n) is 16.5. The van der Waals surface area contributed by atoms with Gasteiger partial charge in [0.2, 0.25) is 5.91 Å². The topological polar surface area (TPSA) is 53.1 Å². The lowest BCUT2D eigenvalue weighted by atomic mass is 9.97. The number of hydrogen-bond acceptors (Lipinski definition) is 6. The van der Waals surface area contributed by atoms with Gasteiger partial charge in [0.15, 0.2) is 0 Å². The van der Waals surface area contributed by atoms with E-state index in [0.717, 1.165) is 47.2 Å². The summed E-state index contributed by atoms with van der Waals surface area (Å²) in [6.45, 7) is 4.23. The van der Waals surface area contributed by atoms with Crippen LogP contribution in [0.15, 0.2) is 30.3 Å². The lowest BCUT2D eigenvalue weighted by Gasteiger charge is -2.34. The third kappa shape index (κ3) is 3.40. The number of benzene rings is 1. The first-order valence-electron chi connectivity index (χ1n) is 9.50. The molecule has 2 aliphatic rings. The summed E-state index contributed by atoms with van der Waals surface area (Å²) in [7, 11) is 5.29. The smallest absolute Gasteiger partial charge is 0.314 e. The Morgan fingerprint density at radius 1 is 1.11 bits per heavy atom. The fraction of sp³-hybridized carbons (Fsp3) is 0.429. The van der Waals surface area contributed by atoms with Crippen molar-refractivity contribution in [3.8, 4) is 10.4 Å². The van der Waals surface area contributed by atoms with Crippen LogP contribution in [0.4, 0.5) is 11.4 Å². The van der Waals surface area contributed by atoms with Crippen LogP contribution in [0, 0.1) is 0 Å². The molecular weight excluding hydrogens is 374 g/mol. The van der Waals surface area contributed by atoms with E-state index in [1.807, 2.05) is 6.07 Å². The van der Waals surface area contributed by atoms with Crippen molar-refractivity contribution < 1.29 is 14.3 Å². The molecule has 2 aliphatic heterocycles. The average molecular weight is 400 g/mol. The molecule has 7 heteroatoms. The summed E-state index contributed by atoms with van der Waals surface area (Å²) in [5.74, 6) is -0.911. The Morgan fingerprint density at radius 2 is 1.79 bits per heavy atom. The number of nitrogens with zero attached hydrogens (tertiary/aromatic N) is 3. The quantitative estimate of drug-likeness (QED) is 0.743. The molecule has 0 bridgehead atoms. The van der Waals surface area contributed by atoms with Gasteiger partial charge in [0.1, 0.15) is 5.92 Å². The van der Waals surface area contributed by atoms with Crippen LogP contribution in [0.1, 0.15) is 17.2 Å². The number of carbonyl (C=O) groups is 2. The fourth-order valence-corrected chi connectivity index (χ4v) is 5.11. The number of anilines is 2. The van der Waals surface area contributed by atoms with Gasteiger partial charge in [-0.3, -0.25) is 9.59 Å². The molecule has 1 atom stereocenters. The highest BCUT2D eigenvalue weighted by Crippen LogP contribution is 2.45. The molecule has 1 aromatic carbocycles. The van der Waals surface area contributed by atoms with Crippen molar-refractivity contribution in [1.82, 2.24) is 4.90 Å². The maximum absolute atomic E-state index is 12.3. The fourth-order valence-electron chi connectivity index (χ4n) is 3.82. The van der Waals surface area contributed by atoms with Gasteiger partial charge in [0.05, 0.1) is 12.8 Å². The highest BCUT2D eigenvalue weighted by atomic mass is 32.1. The molecule has 0 radical (unpaired) electrons. The number of carbonyl (C=O) groups excluding carboxylic acids is 2. The number of fused-ring (bicyclic) bond motifs is 1. The molecule has 4 rings (SSSR count). The van der Waals surface area contributed by atoms with Crippen molar-refractivity contribution in [3.63, 3.8) is 0 Å². The highest BCUT2D eigenvalue weighted by Gasteiger charge is 2.36. The first kappa shape index (κ1) is 19.0. The second-order valence-corrected chi connectivity index (χ2v) is 8.51. The molecular formula is C21H25N3O3S. The van der Waals surface area contributed by atoms with Crippen molar-refractivity contribution in [2.75, 3.05) is 57.2 Å². The van der Waals surface area contributed by atoms with E-state index in [9.17, 15) is 9.59 Å². The molecule has 6 nitrogen and oxygen atoms in total. The minimum atomic E-state index is -0.507. The number of esters is 1. The number of hydrogen-bond donors (Lipinski definition) is 0. The summed E-state index contributed by atoms with van der Waals surface area (Å²) < 4.78 is 4.92. The van der Waals surface area contributed by atoms with Crippen molar-refractivity contribution in [2.45, 2.75) is 12.3 Å². The van der Waals surface area contributed by atoms with Gasteiger partial charge in [-0.1, -0.05) is 12.1 Å². The molecule has 1 saturated heterocycles. The molecule has 148 valence electrons. The van der Waals surface area contributed by atoms with Gasteiger partial charge < -0.3 is 19.4 Å². The number of methoxy groups -OCH3 is 1. The van der Waals surface area contributed by atoms with Crippen LogP contribution in [-0.4, -0.2) is 64.2 Å². The maximum Gasteiger partial charge on any atom is 0.314 e. The zero-order chi connectivity index (χ0) is 19.8. The summed E-state index contributed by atoms with van der Waals surface area (Å²) in [5.41, 5.74) is 3.15. The predicted octanol–water partition coefficient (Wildman–Crippen LogP) is 2.79. The van der Waals surface area contributed by atoms with E-state index in [0.29, 0.717) is 0 Å². The van der Waals surface area contributed by atoms with Crippen LogP contribution in [0.5, 0.6) is 0 Å². The lowest BCUT2D eigenvalue weighted by molar-refractivity contribution is -0.144. The van der Waals surface area contributed by atoms with Gasteiger partial charge in [-0.05, 0) is 30.8 Å². The van der Waals surface area contributed by atoms with Gasteiger partial charge >= 0.3 is 5.97 Å². The third-order valence-corrected chi connectivity index (χ3v) is 6.96. The molecule has 1 unspecified atom stereocenters. The average Bonchev–Trinajstić information content (AvgIpc) is 3.16. The number of piperazine rings is 1. The summed E-state index contributed by atoms with van der Waals surface area (Å²) >= 11 is 1.57. The molecule has 0 saturated carbocycles. The number of thiophene rings is 1. The van der Waals surface area contributed by atoms with E-state index in [-0.39, 0.29) is 18.3 Å². The van der Waals surface area contributed by atoms with Crippen LogP contribution < -0.4 is 9.80 Å². The Morgan fingerprint density at radius 3 is 2.43 bits per heavy atom. The van der Waals surface area contributed by atoms with Crippen LogP contribution >= 0.6 is 11.3 Å². The minimum Gasteiger partial charge on any atom is -0.469 e. The van der Waals surface area contributed by atoms with Gasteiger partial charge in [-0.2, -0.15) is 0 Å². The SMILES string of the molecule is COC(=O)C1CC(=O)N(C)c2cc(-c3ccc(N4CCN(C)CC4)cc3)sc21. The molecule has 2 aromatic rings. The zero-order valence-corrected chi connectivity index (χ0v) is 17.3. The van der Waals surface area contributed by atoms with Crippen LogP contribution in [0.3, 0.4) is 0 Å². The van der Waals surface area contributed by atoms with Crippen molar-refractivity contribution in [3.05, 3.63) is 35.2 Å². The normalized spacial score (nSPS) is 20.2. The first-order chi connectivity index (χ1) is 13.5. The third-order valence-electron chi connectivity index (χ3n) is 5.68. The van der Waals surface area contributed by atoms with Gasteiger partial charge in [0.25, 0.3) is 0 Å². The molecule has 28 heavy (non-hydrogen) atoms. The Hall–Kier alpha value is -2.38. The van der Waals surface area contributed by atoms with E-state index < -0.39 is 5.92 Å². The molecule has 0 spiro atoms. The van der Waals surface area contributed by atoms with Crippen LogP contribution in [0.25, 0.3) is 10.4 Å². The molecule has 1 fully saturated rings. The van der Waals surface area contributed by atoms with E-state index in [4.69, 9.17) is 4.74 Å². The highest BCUT2D eigenvalue weighted by molar-refractivity contribution is 7.16. The molecule has 3 heterocycles. The number of ether oxygens (including phenoxy) is 1. The monoisotopic (exact) mass is 399 g/mol. The van der Waals surface area contributed by atoms with Crippen molar-refractivity contribution >= 4 is 34.6 Å². The van der Waals surface area contributed by atoms with E-state index >= 15 is 0 Å². The minimum absolute atomic E-state index is 0.0577. The second kappa shape index (κ2) is 7.56. The molecule has 1 aromatic heterocycles. The Bertz CT molecular complexity index is 885. The van der Waals surface area contributed by atoms with Gasteiger partial charge in [-0.25, -0.2) is 0 Å². The van der Waals surface area contributed by atoms with Crippen molar-refractivity contribution in [1.29, 1.82) is 0 Å². The van der Waals surface area contributed by atoms with E-state index in [2.05, 4.69) is 41.1 Å². The van der Waals surface area contributed by atoms with E-state index in [1.54, 1.807) is 23.3 Å². The summed E-state index contributed by atoms with van der Waals surface area (Å²) in [6.07, 6.45) is 0.165. The summed E-state index contributed by atoms with van der Waals surface area (Å²) in [6, 6.07) is 10.6. The number of likely N-dealkylation sites (N-methyl/N-ethyl adjacent to an activating group) is 1. The van der Waals surface area contributed by atoms with Crippen molar-refractivity contribution in [2.24, 2.45) is 0 Å². The largest absolute Gasteiger partial charge is 0.469 e. The lowest BCUT2D eigenvalue weighted by Crippen LogP contribution is -2.44. The maximum atomic E-state index is 12.3. The predicted molar refractivity (Wildman–Crippen MR) is 112 cm³/mol. The Labute approximate surface area is 169 Å². The number of rotatable bonds is 3. The standard InChI is InChI=1S/C21H25N3O3S/c1-22-8-10-24(11-9-22)15-6-4-14(5-7-15)18-13-17-20(28-18)16(21(26)27-3)12-19(25)23(17)2/h4-7,13,16H,8-12H2,1-3H3. The van der Waals surface area contributed by atoms with Crippen LogP contribution in [0.2, 0.25) is 0 Å².